The second-order valence-electron chi connectivity index (χ2n) is 3.56. The maximum atomic E-state index is 11.8. The molecule has 1 aromatic rings. The minimum absolute atomic E-state index is 0.0313. The third-order valence-electron chi connectivity index (χ3n) is 2.26. The van der Waals surface area contributed by atoms with E-state index in [1.54, 1.807) is 0 Å². The molecule has 94 valence electrons. The van der Waals surface area contributed by atoms with Crippen LogP contribution in [0.2, 0.25) is 0 Å². The first-order valence-electron chi connectivity index (χ1n) is 4.77. The molecule has 0 aliphatic carbocycles. The summed E-state index contributed by atoms with van der Waals surface area (Å²) in [5, 5.41) is 18.1. The second-order valence-corrected chi connectivity index (χ2v) is 5.72. The molecule has 1 aromatic carbocycles. The molecule has 0 bridgehead atoms. The smallest absolute Gasteiger partial charge is 0.492 e. The number of methoxy groups -OCH3 is 1. The van der Waals surface area contributed by atoms with Crippen LogP contribution in [-0.4, -0.2) is 51.1 Å². The van der Waals surface area contributed by atoms with E-state index in [1.165, 1.54) is 39.4 Å². The number of hydrogen-bond donors (Lipinski definition) is 2. The summed E-state index contributed by atoms with van der Waals surface area (Å²) in [5.41, 5.74) is 0.116. The molecular weight excluding hydrogens is 245 g/mol. The zero-order chi connectivity index (χ0) is 13.2. The van der Waals surface area contributed by atoms with Crippen LogP contribution in [0.5, 0.6) is 5.75 Å². The Morgan fingerprint density at radius 3 is 2.29 bits per heavy atom. The van der Waals surface area contributed by atoms with Crippen LogP contribution in [0.1, 0.15) is 0 Å². The summed E-state index contributed by atoms with van der Waals surface area (Å²) in [6.07, 6.45) is 0. The largest absolute Gasteiger partial charge is 0.497 e. The Kier molecular flexibility index (Phi) is 4.15. The van der Waals surface area contributed by atoms with E-state index in [-0.39, 0.29) is 16.1 Å². The molecule has 0 fully saturated rings. The fraction of sp³-hybridized carbons (Fsp3) is 0.333. The molecule has 0 radical (unpaired) electrons. The van der Waals surface area contributed by atoms with Gasteiger partial charge in [-0.3, -0.25) is 0 Å². The van der Waals surface area contributed by atoms with E-state index in [0.717, 1.165) is 4.31 Å². The Hall–Kier alpha value is -1.09. The molecule has 0 saturated heterocycles. The topological polar surface area (TPSA) is 87.1 Å². The number of hydrogen-bond acceptors (Lipinski definition) is 5. The molecule has 6 nitrogen and oxygen atoms in total. The van der Waals surface area contributed by atoms with Gasteiger partial charge in [0.25, 0.3) is 0 Å². The molecule has 0 saturated carbocycles. The third kappa shape index (κ3) is 2.78. The Balaban J connectivity index is 3.33. The quantitative estimate of drug-likeness (QED) is 0.651. The first-order valence-corrected chi connectivity index (χ1v) is 6.21. The predicted molar refractivity (Wildman–Crippen MR) is 63.7 cm³/mol. The van der Waals surface area contributed by atoms with Crippen LogP contribution in [0.25, 0.3) is 0 Å². The number of ether oxygens (including phenoxy) is 1. The summed E-state index contributed by atoms with van der Waals surface area (Å²) in [4.78, 5) is 0.0313. The van der Waals surface area contributed by atoms with Crippen molar-refractivity contribution >= 4 is 22.6 Å². The summed E-state index contributed by atoms with van der Waals surface area (Å²) in [6, 6.07) is 3.86. The van der Waals surface area contributed by atoms with Crippen LogP contribution >= 0.6 is 0 Å². The molecule has 0 aromatic heterocycles. The van der Waals surface area contributed by atoms with E-state index in [0.29, 0.717) is 0 Å². The number of sulfonamides is 1. The third-order valence-corrected chi connectivity index (χ3v) is 4.07. The van der Waals surface area contributed by atoms with Crippen molar-refractivity contribution in [3.63, 3.8) is 0 Å². The lowest BCUT2D eigenvalue weighted by atomic mass is 9.79. The molecule has 0 aliphatic rings. The SMILES string of the molecule is COc1cc(S(=O)(=O)N(C)C)ccc1B(O)O. The van der Waals surface area contributed by atoms with Gasteiger partial charge in [-0.05, 0) is 12.1 Å². The molecule has 0 atom stereocenters. The van der Waals surface area contributed by atoms with Crippen molar-refractivity contribution in [2.75, 3.05) is 21.2 Å². The lowest BCUT2D eigenvalue weighted by Gasteiger charge is -2.14. The van der Waals surface area contributed by atoms with Gasteiger partial charge in [0, 0.05) is 19.6 Å². The van der Waals surface area contributed by atoms with E-state index in [4.69, 9.17) is 14.8 Å². The highest BCUT2D eigenvalue weighted by Gasteiger charge is 2.22. The van der Waals surface area contributed by atoms with Crippen molar-refractivity contribution in [2.45, 2.75) is 4.90 Å². The number of benzene rings is 1. The lowest BCUT2D eigenvalue weighted by Crippen LogP contribution is -2.32. The maximum absolute atomic E-state index is 11.8. The van der Waals surface area contributed by atoms with Crippen LogP contribution in [0.4, 0.5) is 0 Å². The van der Waals surface area contributed by atoms with Gasteiger partial charge in [0.15, 0.2) is 0 Å². The summed E-state index contributed by atoms with van der Waals surface area (Å²) < 4.78 is 29.6. The van der Waals surface area contributed by atoms with Gasteiger partial charge in [-0.25, -0.2) is 12.7 Å². The van der Waals surface area contributed by atoms with Gasteiger partial charge in [-0.15, -0.1) is 0 Å². The zero-order valence-corrected chi connectivity index (χ0v) is 10.6. The van der Waals surface area contributed by atoms with Crippen molar-refractivity contribution in [2.24, 2.45) is 0 Å². The van der Waals surface area contributed by atoms with E-state index in [1.807, 2.05) is 0 Å². The van der Waals surface area contributed by atoms with E-state index < -0.39 is 17.1 Å². The Morgan fingerprint density at radius 2 is 1.88 bits per heavy atom. The summed E-state index contributed by atoms with van der Waals surface area (Å²) in [7, 11) is -1.12. The standard InChI is InChI=1S/C9H14BNO5S/c1-11(2)17(14,15)7-4-5-8(10(12)13)9(6-7)16-3/h4-6,12-13H,1-3H3. The molecule has 0 amide bonds. The molecule has 2 N–H and O–H groups in total. The van der Waals surface area contributed by atoms with E-state index >= 15 is 0 Å². The first kappa shape index (κ1) is 14.0. The molecule has 0 spiro atoms. The Morgan fingerprint density at radius 1 is 1.29 bits per heavy atom. The average molecular weight is 259 g/mol. The Labute approximate surface area is 101 Å². The molecule has 8 heteroatoms. The van der Waals surface area contributed by atoms with Crippen molar-refractivity contribution in [3.8, 4) is 5.75 Å². The van der Waals surface area contributed by atoms with Gasteiger partial charge in [0.05, 0.1) is 12.0 Å². The van der Waals surface area contributed by atoms with Crippen LogP contribution < -0.4 is 10.2 Å². The van der Waals surface area contributed by atoms with E-state index in [2.05, 4.69) is 0 Å². The lowest BCUT2D eigenvalue weighted by molar-refractivity contribution is 0.402. The van der Waals surface area contributed by atoms with Crippen LogP contribution in [0.3, 0.4) is 0 Å². The highest BCUT2D eigenvalue weighted by molar-refractivity contribution is 7.89. The molecular formula is C9H14BNO5S. The fourth-order valence-corrected chi connectivity index (χ4v) is 2.19. The summed E-state index contributed by atoms with van der Waals surface area (Å²) in [6.45, 7) is 0. The van der Waals surface area contributed by atoms with Crippen LogP contribution in [-0.2, 0) is 10.0 Å². The van der Waals surface area contributed by atoms with Gasteiger partial charge < -0.3 is 14.8 Å². The van der Waals surface area contributed by atoms with Crippen LogP contribution in [0.15, 0.2) is 23.1 Å². The highest BCUT2D eigenvalue weighted by Crippen LogP contribution is 2.18. The normalized spacial score (nSPS) is 11.6. The highest BCUT2D eigenvalue weighted by atomic mass is 32.2. The molecule has 1 rings (SSSR count). The van der Waals surface area contributed by atoms with Gasteiger partial charge in [0.2, 0.25) is 10.0 Å². The van der Waals surface area contributed by atoms with Gasteiger partial charge >= 0.3 is 7.12 Å². The van der Waals surface area contributed by atoms with Crippen molar-refractivity contribution in [1.82, 2.24) is 4.31 Å². The monoisotopic (exact) mass is 259 g/mol. The molecule has 0 unspecified atom stereocenters. The predicted octanol–water partition coefficient (Wildman–Crippen LogP) is -1.37. The van der Waals surface area contributed by atoms with E-state index in [9.17, 15) is 8.42 Å². The Bertz CT molecular complexity index is 500. The first-order chi connectivity index (χ1) is 7.80. The van der Waals surface area contributed by atoms with Gasteiger partial charge in [-0.1, -0.05) is 6.07 Å². The molecule has 0 aliphatic heterocycles. The van der Waals surface area contributed by atoms with Gasteiger partial charge in [-0.2, -0.15) is 0 Å². The van der Waals surface area contributed by atoms with Crippen molar-refractivity contribution in [1.29, 1.82) is 0 Å². The fourth-order valence-electron chi connectivity index (χ4n) is 1.28. The number of rotatable bonds is 4. The molecule has 17 heavy (non-hydrogen) atoms. The summed E-state index contributed by atoms with van der Waals surface area (Å²) >= 11 is 0. The molecule has 0 heterocycles. The van der Waals surface area contributed by atoms with Crippen LogP contribution in [0, 0.1) is 0 Å². The minimum Gasteiger partial charge on any atom is -0.497 e. The van der Waals surface area contributed by atoms with Crippen molar-refractivity contribution in [3.05, 3.63) is 18.2 Å². The van der Waals surface area contributed by atoms with Crippen molar-refractivity contribution < 1.29 is 23.2 Å². The number of nitrogens with zero attached hydrogens (tertiary/aromatic N) is 1. The van der Waals surface area contributed by atoms with Gasteiger partial charge in [0.1, 0.15) is 5.75 Å². The minimum atomic E-state index is -3.56. The second kappa shape index (κ2) is 5.05. The summed E-state index contributed by atoms with van der Waals surface area (Å²) in [5.74, 6) is 0.114. The zero-order valence-electron chi connectivity index (χ0n) is 9.78. The average Bonchev–Trinajstić information content (AvgIpc) is 2.27. The maximum Gasteiger partial charge on any atom is 0.492 e.